The van der Waals surface area contributed by atoms with Crippen molar-refractivity contribution in [2.45, 2.75) is 51.8 Å². The topological polar surface area (TPSA) is 54.9 Å². The van der Waals surface area contributed by atoms with Crippen LogP contribution in [0.25, 0.3) is 0 Å². The number of guanidine groups is 1. The minimum atomic E-state index is 0. The van der Waals surface area contributed by atoms with Gasteiger partial charge in [-0.05, 0) is 30.9 Å². The molecule has 0 aliphatic heterocycles. The van der Waals surface area contributed by atoms with Crippen molar-refractivity contribution in [1.29, 1.82) is 0 Å². The highest BCUT2D eigenvalue weighted by molar-refractivity contribution is 14.0. The van der Waals surface area contributed by atoms with Crippen LogP contribution in [-0.2, 0) is 22.6 Å². The quantitative estimate of drug-likeness (QED) is 0.256. The fourth-order valence-corrected chi connectivity index (χ4v) is 2.93. The monoisotopic (exact) mass is 461 g/mol. The standard InChI is InChI=1S/C19H31N3O2.HI/c1-3-23-11-12-24-15-17-8-6-7-16(13-17)14-21-19(20-2)22-18-9-4-5-10-18;/h6-8,13,18H,3-5,9-12,14-15H2,1-2H3,(H2,20,21,22);1H. The molecule has 5 nitrogen and oxygen atoms in total. The number of hydrogen-bond donors (Lipinski definition) is 2. The van der Waals surface area contributed by atoms with Crippen LogP contribution in [0.4, 0.5) is 0 Å². The highest BCUT2D eigenvalue weighted by Crippen LogP contribution is 2.17. The van der Waals surface area contributed by atoms with Gasteiger partial charge in [0.05, 0.1) is 19.8 Å². The van der Waals surface area contributed by atoms with Gasteiger partial charge in [-0.1, -0.05) is 37.1 Å². The third-order valence-corrected chi connectivity index (χ3v) is 4.22. The molecule has 1 aromatic carbocycles. The molecule has 2 rings (SSSR count). The van der Waals surface area contributed by atoms with Crippen LogP contribution in [0, 0.1) is 0 Å². The van der Waals surface area contributed by atoms with Gasteiger partial charge in [0.1, 0.15) is 0 Å². The summed E-state index contributed by atoms with van der Waals surface area (Å²) in [5, 5.41) is 6.91. The average Bonchev–Trinajstić information content (AvgIpc) is 3.12. The normalized spacial score (nSPS) is 15.0. The molecule has 0 heterocycles. The second-order valence-electron chi connectivity index (χ2n) is 6.12. The SMILES string of the molecule is CCOCCOCc1cccc(CNC(=NC)NC2CCCC2)c1.I. The molecule has 0 spiro atoms. The first kappa shape index (κ1) is 22.2. The number of aliphatic imine (C=N–C) groups is 1. The maximum atomic E-state index is 5.63. The Kier molecular flexibility index (Phi) is 11.9. The summed E-state index contributed by atoms with van der Waals surface area (Å²) in [4.78, 5) is 4.32. The lowest BCUT2D eigenvalue weighted by Crippen LogP contribution is -2.41. The van der Waals surface area contributed by atoms with Gasteiger partial charge in [-0.2, -0.15) is 0 Å². The van der Waals surface area contributed by atoms with E-state index in [1.807, 2.05) is 14.0 Å². The van der Waals surface area contributed by atoms with Gasteiger partial charge in [-0.3, -0.25) is 4.99 Å². The number of hydrogen-bond acceptors (Lipinski definition) is 3. The Morgan fingerprint density at radius 1 is 1.16 bits per heavy atom. The van der Waals surface area contributed by atoms with E-state index in [4.69, 9.17) is 9.47 Å². The van der Waals surface area contributed by atoms with Crippen molar-refractivity contribution >= 4 is 29.9 Å². The van der Waals surface area contributed by atoms with Crippen molar-refractivity contribution in [2.24, 2.45) is 4.99 Å². The zero-order valence-corrected chi connectivity index (χ0v) is 17.8. The molecular weight excluding hydrogens is 429 g/mol. The summed E-state index contributed by atoms with van der Waals surface area (Å²) in [6.45, 7) is 5.40. The summed E-state index contributed by atoms with van der Waals surface area (Å²) in [6, 6.07) is 9.04. The zero-order chi connectivity index (χ0) is 17.0. The molecule has 0 bridgehead atoms. The molecule has 0 amide bonds. The number of ether oxygens (including phenoxy) is 2. The maximum absolute atomic E-state index is 5.63. The summed E-state index contributed by atoms with van der Waals surface area (Å²) in [5.41, 5.74) is 2.42. The second-order valence-corrected chi connectivity index (χ2v) is 6.12. The Balaban J connectivity index is 0.00000312. The smallest absolute Gasteiger partial charge is 0.191 e. The molecule has 1 fully saturated rings. The van der Waals surface area contributed by atoms with Gasteiger partial charge in [0, 0.05) is 26.2 Å². The number of nitrogens with zero attached hydrogens (tertiary/aromatic N) is 1. The molecule has 2 N–H and O–H groups in total. The van der Waals surface area contributed by atoms with Gasteiger partial charge in [0.2, 0.25) is 0 Å². The van der Waals surface area contributed by atoms with Gasteiger partial charge >= 0.3 is 0 Å². The third-order valence-electron chi connectivity index (χ3n) is 4.22. The van der Waals surface area contributed by atoms with Gasteiger partial charge in [0.25, 0.3) is 0 Å². The molecule has 0 radical (unpaired) electrons. The molecule has 25 heavy (non-hydrogen) atoms. The Morgan fingerprint density at radius 3 is 2.60 bits per heavy atom. The summed E-state index contributed by atoms with van der Waals surface area (Å²) in [5.74, 6) is 0.889. The third kappa shape index (κ3) is 8.87. The van der Waals surface area contributed by atoms with E-state index in [1.54, 1.807) is 0 Å². The molecule has 1 aliphatic carbocycles. The number of halogens is 1. The van der Waals surface area contributed by atoms with Crippen LogP contribution in [0.3, 0.4) is 0 Å². The lowest BCUT2D eigenvalue weighted by atomic mass is 10.1. The predicted octanol–water partition coefficient (Wildman–Crippen LogP) is 3.47. The van der Waals surface area contributed by atoms with Crippen LogP contribution in [0.15, 0.2) is 29.3 Å². The summed E-state index contributed by atoms with van der Waals surface area (Å²) < 4.78 is 10.9. The second kappa shape index (κ2) is 13.4. The van der Waals surface area contributed by atoms with E-state index in [-0.39, 0.29) is 24.0 Å². The van der Waals surface area contributed by atoms with Gasteiger partial charge in [-0.25, -0.2) is 0 Å². The van der Waals surface area contributed by atoms with Crippen molar-refractivity contribution in [2.75, 3.05) is 26.9 Å². The van der Waals surface area contributed by atoms with Gasteiger partial charge < -0.3 is 20.1 Å². The number of benzene rings is 1. The molecule has 142 valence electrons. The van der Waals surface area contributed by atoms with Crippen LogP contribution in [-0.4, -0.2) is 38.9 Å². The number of nitrogens with one attached hydrogen (secondary N) is 2. The van der Waals surface area contributed by atoms with E-state index in [9.17, 15) is 0 Å². The zero-order valence-electron chi connectivity index (χ0n) is 15.4. The van der Waals surface area contributed by atoms with E-state index in [0.717, 1.165) is 19.1 Å². The number of rotatable bonds is 9. The van der Waals surface area contributed by atoms with E-state index >= 15 is 0 Å². The first-order valence-electron chi connectivity index (χ1n) is 9.02. The maximum Gasteiger partial charge on any atom is 0.191 e. The molecule has 1 aromatic rings. The van der Waals surface area contributed by atoms with Gasteiger partial charge in [-0.15, -0.1) is 24.0 Å². The Hall–Kier alpha value is -0.860. The average molecular weight is 461 g/mol. The van der Waals surface area contributed by atoms with Crippen molar-refractivity contribution in [3.63, 3.8) is 0 Å². The summed E-state index contributed by atoms with van der Waals surface area (Å²) in [7, 11) is 1.83. The Labute approximate surface area is 169 Å². The van der Waals surface area contributed by atoms with Crippen LogP contribution >= 0.6 is 24.0 Å². The highest BCUT2D eigenvalue weighted by Gasteiger charge is 2.15. The minimum absolute atomic E-state index is 0. The van der Waals surface area contributed by atoms with E-state index in [2.05, 4.69) is 39.9 Å². The molecule has 0 saturated heterocycles. The summed E-state index contributed by atoms with van der Waals surface area (Å²) >= 11 is 0. The summed E-state index contributed by atoms with van der Waals surface area (Å²) in [6.07, 6.45) is 5.13. The van der Waals surface area contributed by atoms with Crippen LogP contribution < -0.4 is 10.6 Å². The van der Waals surface area contributed by atoms with Crippen molar-refractivity contribution in [3.8, 4) is 0 Å². The van der Waals surface area contributed by atoms with Crippen LogP contribution in [0.2, 0.25) is 0 Å². The van der Waals surface area contributed by atoms with Crippen molar-refractivity contribution in [3.05, 3.63) is 35.4 Å². The van der Waals surface area contributed by atoms with Crippen LogP contribution in [0.5, 0.6) is 0 Å². The minimum Gasteiger partial charge on any atom is -0.379 e. The Bertz CT molecular complexity index is 505. The first-order chi connectivity index (χ1) is 11.8. The lowest BCUT2D eigenvalue weighted by molar-refractivity contribution is 0.0453. The molecule has 1 aliphatic rings. The van der Waals surface area contributed by atoms with E-state index in [0.29, 0.717) is 25.9 Å². The molecule has 1 saturated carbocycles. The molecular formula is C19H32IN3O2. The first-order valence-corrected chi connectivity index (χ1v) is 9.02. The van der Waals surface area contributed by atoms with E-state index in [1.165, 1.54) is 36.8 Å². The molecule has 6 heteroatoms. The van der Waals surface area contributed by atoms with Crippen molar-refractivity contribution in [1.82, 2.24) is 10.6 Å². The predicted molar refractivity (Wildman–Crippen MR) is 114 cm³/mol. The van der Waals surface area contributed by atoms with Crippen LogP contribution in [0.1, 0.15) is 43.7 Å². The molecule has 0 unspecified atom stereocenters. The highest BCUT2D eigenvalue weighted by atomic mass is 127. The largest absolute Gasteiger partial charge is 0.379 e. The van der Waals surface area contributed by atoms with E-state index < -0.39 is 0 Å². The van der Waals surface area contributed by atoms with Gasteiger partial charge in [0.15, 0.2) is 5.96 Å². The molecule has 0 aromatic heterocycles. The lowest BCUT2D eigenvalue weighted by Gasteiger charge is -2.17. The fraction of sp³-hybridized carbons (Fsp3) is 0.632. The molecule has 0 atom stereocenters. The Morgan fingerprint density at radius 2 is 1.88 bits per heavy atom. The fourth-order valence-electron chi connectivity index (χ4n) is 2.93. The van der Waals surface area contributed by atoms with Crippen molar-refractivity contribution < 1.29 is 9.47 Å².